The zero-order chi connectivity index (χ0) is 8.69. The third kappa shape index (κ3) is 6.28. The fourth-order valence-electron chi connectivity index (χ4n) is 0.858. The molecule has 0 aromatic heterocycles. The van der Waals surface area contributed by atoms with Crippen molar-refractivity contribution < 1.29 is 9.94 Å². The van der Waals surface area contributed by atoms with Crippen LogP contribution in [0.5, 0.6) is 0 Å². The summed E-state index contributed by atoms with van der Waals surface area (Å²) >= 11 is 0. The molecule has 1 atom stereocenters. The van der Waals surface area contributed by atoms with E-state index in [2.05, 4.69) is 6.92 Å². The fourth-order valence-corrected chi connectivity index (χ4v) is 0.858. The van der Waals surface area contributed by atoms with Gasteiger partial charge in [0.15, 0.2) is 0 Å². The lowest BCUT2D eigenvalue weighted by Crippen LogP contribution is -2.19. The van der Waals surface area contributed by atoms with Crippen LogP contribution in [0.15, 0.2) is 0 Å². The maximum absolute atomic E-state index is 8.61. The molecule has 0 heterocycles. The summed E-state index contributed by atoms with van der Waals surface area (Å²) in [5.41, 5.74) is 0. The van der Waals surface area contributed by atoms with Crippen molar-refractivity contribution >= 4 is 0 Å². The second-order valence-corrected chi connectivity index (χ2v) is 2.94. The molecule has 0 fully saturated rings. The van der Waals surface area contributed by atoms with E-state index in [-0.39, 0.29) is 6.61 Å². The molecular formula is C8H19NO2. The van der Waals surface area contributed by atoms with Crippen LogP contribution in [-0.4, -0.2) is 37.5 Å². The van der Waals surface area contributed by atoms with E-state index in [1.54, 1.807) is 12.2 Å². The minimum Gasteiger partial charge on any atom is -0.396 e. The highest BCUT2D eigenvalue weighted by Gasteiger charge is 2.02. The van der Waals surface area contributed by atoms with Crippen LogP contribution in [-0.2, 0) is 4.84 Å². The van der Waals surface area contributed by atoms with Crippen molar-refractivity contribution in [2.45, 2.75) is 19.8 Å². The number of hydrogen-bond acceptors (Lipinski definition) is 3. The number of aliphatic hydroxyl groups is 1. The van der Waals surface area contributed by atoms with Gasteiger partial charge in [0.2, 0.25) is 0 Å². The van der Waals surface area contributed by atoms with Crippen LogP contribution in [0, 0.1) is 5.92 Å². The summed E-state index contributed by atoms with van der Waals surface area (Å²) in [7, 11) is 3.57. The van der Waals surface area contributed by atoms with Gasteiger partial charge in [0.25, 0.3) is 0 Å². The molecule has 3 heteroatoms. The first-order valence-electron chi connectivity index (χ1n) is 4.06. The Balaban J connectivity index is 3.22. The largest absolute Gasteiger partial charge is 0.396 e. The Kier molecular flexibility index (Phi) is 6.51. The van der Waals surface area contributed by atoms with Crippen molar-refractivity contribution in [1.29, 1.82) is 0 Å². The number of nitrogens with zero attached hydrogens (tertiary/aromatic N) is 1. The molecule has 1 unspecified atom stereocenters. The van der Waals surface area contributed by atoms with E-state index in [0.29, 0.717) is 5.92 Å². The lowest BCUT2D eigenvalue weighted by Gasteiger charge is -2.15. The fraction of sp³-hybridized carbons (Fsp3) is 1.00. The van der Waals surface area contributed by atoms with Gasteiger partial charge in [-0.25, -0.2) is 0 Å². The quantitative estimate of drug-likeness (QED) is 0.587. The Morgan fingerprint density at radius 1 is 1.45 bits per heavy atom. The van der Waals surface area contributed by atoms with E-state index in [1.807, 2.05) is 7.05 Å². The molecule has 0 rings (SSSR count). The van der Waals surface area contributed by atoms with E-state index in [9.17, 15) is 0 Å². The van der Waals surface area contributed by atoms with Crippen molar-refractivity contribution in [3.63, 3.8) is 0 Å². The topological polar surface area (TPSA) is 32.7 Å². The second kappa shape index (κ2) is 6.58. The van der Waals surface area contributed by atoms with E-state index in [4.69, 9.17) is 9.94 Å². The van der Waals surface area contributed by atoms with Crippen LogP contribution in [0.2, 0.25) is 0 Å². The van der Waals surface area contributed by atoms with E-state index in [0.717, 1.165) is 19.4 Å². The molecule has 0 amide bonds. The summed E-state index contributed by atoms with van der Waals surface area (Å²) in [4.78, 5) is 4.95. The zero-order valence-electron chi connectivity index (χ0n) is 7.71. The Bertz CT molecular complexity index is 88.2. The Hall–Kier alpha value is -0.120. The van der Waals surface area contributed by atoms with Crippen LogP contribution in [0.4, 0.5) is 0 Å². The van der Waals surface area contributed by atoms with Crippen LogP contribution in [0.25, 0.3) is 0 Å². The number of hydrogen-bond donors (Lipinski definition) is 1. The van der Waals surface area contributed by atoms with Gasteiger partial charge in [-0.1, -0.05) is 6.92 Å². The SMILES string of the molecule is CON(C)CCC(C)CCO. The summed E-state index contributed by atoms with van der Waals surface area (Å²) in [6.45, 7) is 3.36. The molecule has 0 saturated heterocycles. The molecule has 1 N–H and O–H groups in total. The van der Waals surface area contributed by atoms with Gasteiger partial charge in [0, 0.05) is 20.2 Å². The van der Waals surface area contributed by atoms with Crippen LogP contribution >= 0.6 is 0 Å². The van der Waals surface area contributed by atoms with Gasteiger partial charge < -0.3 is 9.94 Å². The van der Waals surface area contributed by atoms with Crippen molar-refractivity contribution in [2.24, 2.45) is 5.92 Å². The average molecular weight is 161 g/mol. The number of aliphatic hydroxyl groups excluding tert-OH is 1. The zero-order valence-corrected chi connectivity index (χ0v) is 7.71. The summed E-state index contributed by atoms with van der Waals surface area (Å²) in [6.07, 6.45) is 1.96. The predicted octanol–water partition coefficient (Wildman–Crippen LogP) is 0.888. The third-order valence-corrected chi connectivity index (χ3v) is 1.87. The molecule has 0 aromatic carbocycles. The second-order valence-electron chi connectivity index (χ2n) is 2.94. The molecule has 3 nitrogen and oxygen atoms in total. The molecule has 11 heavy (non-hydrogen) atoms. The Labute approximate surface area is 68.9 Å². The molecule has 0 saturated carbocycles. The van der Waals surface area contributed by atoms with Gasteiger partial charge in [-0.05, 0) is 18.8 Å². The number of rotatable bonds is 6. The average Bonchev–Trinajstić information content (AvgIpc) is 2.01. The predicted molar refractivity (Wildman–Crippen MR) is 45.1 cm³/mol. The normalized spacial score (nSPS) is 13.9. The van der Waals surface area contributed by atoms with Gasteiger partial charge >= 0.3 is 0 Å². The monoisotopic (exact) mass is 161 g/mol. The molecule has 0 aliphatic rings. The minimum absolute atomic E-state index is 0.290. The maximum Gasteiger partial charge on any atom is 0.0575 e. The van der Waals surface area contributed by atoms with Gasteiger partial charge in [0.1, 0.15) is 0 Å². The van der Waals surface area contributed by atoms with Gasteiger partial charge in [0.05, 0.1) is 7.11 Å². The van der Waals surface area contributed by atoms with Crippen molar-refractivity contribution in [3.05, 3.63) is 0 Å². The van der Waals surface area contributed by atoms with Gasteiger partial charge in [-0.2, -0.15) is 5.06 Å². The molecule has 0 aromatic rings. The number of hydroxylamine groups is 2. The summed E-state index contributed by atoms with van der Waals surface area (Å²) in [5.74, 6) is 0.581. The van der Waals surface area contributed by atoms with Crippen molar-refractivity contribution in [2.75, 3.05) is 27.3 Å². The summed E-state index contributed by atoms with van der Waals surface area (Å²) in [6, 6.07) is 0. The third-order valence-electron chi connectivity index (χ3n) is 1.87. The summed E-state index contributed by atoms with van der Waals surface area (Å²) in [5, 5.41) is 10.4. The van der Waals surface area contributed by atoms with Crippen LogP contribution < -0.4 is 0 Å². The van der Waals surface area contributed by atoms with Crippen molar-refractivity contribution in [1.82, 2.24) is 5.06 Å². The van der Waals surface area contributed by atoms with E-state index in [1.165, 1.54) is 0 Å². The van der Waals surface area contributed by atoms with Crippen LogP contribution in [0.3, 0.4) is 0 Å². The Morgan fingerprint density at radius 2 is 2.09 bits per heavy atom. The van der Waals surface area contributed by atoms with E-state index < -0.39 is 0 Å². The summed E-state index contributed by atoms with van der Waals surface area (Å²) < 4.78 is 0. The van der Waals surface area contributed by atoms with Gasteiger partial charge in [-0.3, -0.25) is 0 Å². The standard InChI is InChI=1S/C8H19NO2/c1-8(5-7-10)4-6-9(2)11-3/h8,10H,4-7H2,1-3H3. The highest BCUT2D eigenvalue weighted by molar-refractivity contribution is 4.52. The minimum atomic E-state index is 0.290. The molecule has 0 aliphatic heterocycles. The lowest BCUT2D eigenvalue weighted by atomic mass is 10.1. The highest BCUT2D eigenvalue weighted by atomic mass is 16.7. The highest BCUT2D eigenvalue weighted by Crippen LogP contribution is 2.06. The first-order chi connectivity index (χ1) is 5.20. The van der Waals surface area contributed by atoms with Crippen LogP contribution in [0.1, 0.15) is 19.8 Å². The maximum atomic E-state index is 8.61. The lowest BCUT2D eigenvalue weighted by molar-refractivity contribution is -0.111. The van der Waals surface area contributed by atoms with Gasteiger partial charge in [-0.15, -0.1) is 0 Å². The molecule has 0 aliphatic carbocycles. The molecular weight excluding hydrogens is 142 g/mol. The first kappa shape index (κ1) is 10.9. The molecule has 0 radical (unpaired) electrons. The smallest absolute Gasteiger partial charge is 0.0575 e. The van der Waals surface area contributed by atoms with Crippen molar-refractivity contribution in [3.8, 4) is 0 Å². The molecule has 0 spiro atoms. The van der Waals surface area contributed by atoms with E-state index >= 15 is 0 Å². The Morgan fingerprint density at radius 3 is 2.55 bits per heavy atom. The first-order valence-corrected chi connectivity index (χ1v) is 4.06. The molecule has 0 bridgehead atoms. The molecule has 68 valence electrons.